The zero-order valence-electron chi connectivity index (χ0n) is 15.6. The van der Waals surface area contributed by atoms with Gasteiger partial charge in [0.25, 0.3) is 0 Å². The van der Waals surface area contributed by atoms with E-state index in [1.165, 1.54) is 25.7 Å². The molecular weight excluding hydrogens is 312 g/mol. The molecule has 0 spiro atoms. The van der Waals surface area contributed by atoms with E-state index in [2.05, 4.69) is 24.4 Å². The Balaban J connectivity index is 1.90. The Morgan fingerprint density at radius 2 is 1.84 bits per heavy atom. The maximum Gasteiger partial charge on any atom is 0.318 e. The molecule has 0 radical (unpaired) electrons. The lowest BCUT2D eigenvalue weighted by Crippen LogP contribution is -2.50. The molecule has 1 aliphatic carbocycles. The van der Waals surface area contributed by atoms with Crippen LogP contribution >= 0.6 is 0 Å². The molecule has 4 heteroatoms. The summed E-state index contributed by atoms with van der Waals surface area (Å²) in [4.78, 5) is 14.7. The third-order valence-corrected chi connectivity index (χ3v) is 5.07. The predicted molar refractivity (Wildman–Crippen MR) is 102 cm³/mol. The molecule has 4 nitrogen and oxygen atoms in total. The number of aliphatic hydroxyl groups is 1. The van der Waals surface area contributed by atoms with Gasteiger partial charge in [0.05, 0.1) is 12.1 Å². The van der Waals surface area contributed by atoms with Gasteiger partial charge in [0.2, 0.25) is 0 Å². The zero-order valence-corrected chi connectivity index (χ0v) is 15.6. The van der Waals surface area contributed by atoms with E-state index >= 15 is 0 Å². The summed E-state index contributed by atoms with van der Waals surface area (Å²) in [5.41, 5.74) is 1.15. The molecule has 0 bridgehead atoms. The zero-order chi connectivity index (χ0) is 17.9. The smallest absolute Gasteiger partial charge is 0.318 e. The van der Waals surface area contributed by atoms with Crippen LogP contribution in [0.5, 0.6) is 0 Å². The molecule has 0 unspecified atom stereocenters. The maximum atomic E-state index is 12.8. The van der Waals surface area contributed by atoms with Gasteiger partial charge in [0.1, 0.15) is 0 Å². The van der Waals surface area contributed by atoms with Crippen molar-refractivity contribution in [3.63, 3.8) is 0 Å². The Labute approximate surface area is 152 Å². The fraction of sp³-hybridized carbons (Fsp3) is 0.667. The van der Waals surface area contributed by atoms with Crippen LogP contribution in [-0.4, -0.2) is 34.7 Å². The van der Waals surface area contributed by atoms with Crippen LogP contribution in [0.2, 0.25) is 0 Å². The molecule has 0 saturated heterocycles. The summed E-state index contributed by atoms with van der Waals surface area (Å²) in [6.45, 7) is 3.61. The van der Waals surface area contributed by atoms with E-state index in [1.807, 2.05) is 23.1 Å². The normalized spacial score (nSPS) is 20.2. The molecule has 25 heavy (non-hydrogen) atoms. The molecule has 0 aliphatic heterocycles. The standard InChI is InChI=1S/C21H34N2O2/c1-2-3-4-5-11-16-23(17-18-12-7-6-8-13-18)21(25)22-19-14-9-10-15-20(19)24/h6-8,12-13,19-20,24H,2-5,9-11,14-17H2,1H3,(H,22,25)/t19-,20-/m0/s1. The fourth-order valence-electron chi connectivity index (χ4n) is 3.49. The van der Waals surface area contributed by atoms with E-state index < -0.39 is 6.10 Å². The molecule has 140 valence electrons. The highest BCUT2D eigenvalue weighted by Gasteiger charge is 2.26. The number of amides is 2. The molecule has 1 saturated carbocycles. The van der Waals surface area contributed by atoms with Crippen molar-refractivity contribution in [2.75, 3.05) is 6.54 Å². The molecule has 2 amide bonds. The largest absolute Gasteiger partial charge is 0.391 e. The lowest BCUT2D eigenvalue weighted by Gasteiger charge is -2.31. The number of rotatable bonds is 9. The van der Waals surface area contributed by atoms with Gasteiger partial charge in [-0.15, -0.1) is 0 Å². The number of hydrogen-bond acceptors (Lipinski definition) is 2. The number of urea groups is 1. The first-order valence-corrected chi connectivity index (χ1v) is 9.98. The van der Waals surface area contributed by atoms with E-state index in [4.69, 9.17) is 0 Å². The van der Waals surface area contributed by atoms with Crippen LogP contribution in [0.3, 0.4) is 0 Å². The van der Waals surface area contributed by atoms with Crippen LogP contribution in [-0.2, 0) is 6.54 Å². The molecule has 1 fully saturated rings. The molecule has 0 aromatic heterocycles. The first-order chi connectivity index (χ1) is 12.2. The van der Waals surface area contributed by atoms with Crippen LogP contribution in [0.4, 0.5) is 4.79 Å². The number of carbonyl (C=O) groups is 1. The third kappa shape index (κ3) is 7.07. The number of carbonyl (C=O) groups excluding carboxylic acids is 1. The lowest BCUT2D eigenvalue weighted by molar-refractivity contribution is 0.0893. The molecule has 1 aromatic carbocycles. The Morgan fingerprint density at radius 3 is 2.56 bits per heavy atom. The van der Waals surface area contributed by atoms with Gasteiger partial charge in [0.15, 0.2) is 0 Å². The average Bonchev–Trinajstić information content (AvgIpc) is 2.63. The van der Waals surface area contributed by atoms with Gasteiger partial charge in [-0.25, -0.2) is 4.79 Å². The highest BCUT2D eigenvalue weighted by Crippen LogP contribution is 2.19. The van der Waals surface area contributed by atoms with Gasteiger partial charge in [-0.3, -0.25) is 0 Å². The van der Waals surface area contributed by atoms with Crippen molar-refractivity contribution in [1.82, 2.24) is 10.2 Å². The Bertz CT molecular complexity index is 492. The van der Waals surface area contributed by atoms with Gasteiger partial charge in [-0.2, -0.15) is 0 Å². The fourth-order valence-corrected chi connectivity index (χ4v) is 3.49. The van der Waals surface area contributed by atoms with Crippen LogP contribution in [0, 0.1) is 0 Å². The number of unbranched alkanes of at least 4 members (excludes halogenated alkanes) is 4. The van der Waals surface area contributed by atoms with Crippen LogP contribution in [0.25, 0.3) is 0 Å². The van der Waals surface area contributed by atoms with E-state index in [-0.39, 0.29) is 12.1 Å². The van der Waals surface area contributed by atoms with Crippen LogP contribution in [0.1, 0.15) is 70.3 Å². The third-order valence-electron chi connectivity index (χ3n) is 5.07. The van der Waals surface area contributed by atoms with Crippen molar-refractivity contribution in [3.05, 3.63) is 35.9 Å². The SMILES string of the molecule is CCCCCCCN(Cc1ccccc1)C(=O)N[C@H]1CCCC[C@@H]1O. The summed E-state index contributed by atoms with van der Waals surface area (Å²) in [6.07, 6.45) is 9.33. The Kier molecular flexibility index (Phi) is 8.81. The predicted octanol–water partition coefficient (Wildman–Crippen LogP) is 4.47. The van der Waals surface area contributed by atoms with Crippen molar-refractivity contribution < 1.29 is 9.90 Å². The van der Waals surface area contributed by atoms with Gasteiger partial charge in [-0.1, -0.05) is 75.8 Å². The van der Waals surface area contributed by atoms with Crippen molar-refractivity contribution in [3.8, 4) is 0 Å². The van der Waals surface area contributed by atoms with E-state index in [0.29, 0.717) is 6.54 Å². The number of aliphatic hydroxyl groups excluding tert-OH is 1. The van der Waals surface area contributed by atoms with E-state index in [1.54, 1.807) is 0 Å². The second-order valence-electron chi connectivity index (χ2n) is 7.23. The number of benzene rings is 1. The number of nitrogens with zero attached hydrogens (tertiary/aromatic N) is 1. The molecule has 0 heterocycles. The van der Waals surface area contributed by atoms with E-state index in [0.717, 1.165) is 44.2 Å². The molecular formula is C21H34N2O2. The molecule has 1 aliphatic rings. The summed E-state index contributed by atoms with van der Waals surface area (Å²) in [6, 6.07) is 10.0. The first kappa shape index (κ1) is 19.8. The van der Waals surface area contributed by atoms with Crippen molar-refractivity contribution in [1.29, 1.82) is 0 Å². The minimum Gasteiger partial charge on any atom is -0.391 e. The molecule has 2 rings (SSSR count). The van der Waals surface area contributed by atoms with Crippen molar-refractivity contribution >= 4 is 6.03 Å². The highest BCUT2D eigenvalue weighted by atomic mass is 16.3. The summed E-state index contributed by atoms with van der Waals surface area (Å²) in [5, 5.41) is 13.2. The molecule has 2 N–H and O–H groups in total. The summed E-state index contributed by atoms with van der Waals surface area (Å²) < 4.78 is 0. The van der Waals surface area contributed by atoms with E-state index in [9.17, 15) is 9.90 Å². The Hall–Kier alpha value is -1.55. The second-order valence-corrected chi connectivity index (χ2v) is 7.23. The van der Waals surface area contributed by atoms with Crippen molar-refractivity contribution in [2.24, 2.45) is 0 Å². The Morgan fingerprint density at radius 1 is 1.12 bits per heavy atom. The molecule has 2 atom stereocenters. The van der Waals surface area contributed by atoms with Crippen LogP contribution < -0.4 is 5.32 Å². The maximum absolute atomic E-state index is 12.8. The summed E-state index contributed by atoms with van der Waals surface area (Å²) in [5.74, 6) is 0. The van der Waals surface area contributed by atoms with Crippen LogP contribution in [0.15, 0.2) is 30.3 Å². The quantitative estimate of drug-likeness (QED) is 0.648. The number of hydrogen-bond donors (Lipinski definition) is 2. The monoisotopic (exact) mass is 346 g/mol. The van der Waals surface area contributed by atoms with Gasteiger partial charge in [-0.05, 0) is 24.8 Å². The second kappa shape index (κ2) is 11.1. The topological polar surface area (TPSA) is 52.6 Å². The molecule has 1 aromatic rings. The minimum atomic E-state index is -0.402. The van der Waals surface area contributed by atoms with Gasteiger partial charge >= 0.3 is 6.03 Å². The summed E-state index contributed by atoms with van der Waals surface area (Å²) in [7, 11) is 0. The number of nitrogens with one attached hydrogen (secondary N) is 1. The van der Waals surface area contributed by atoms with Gasteiger partial charge < -0.3 is 15.3 Å². The highest BCUT2D eigenvalue weighted by molar-refractivity contribution is 5.74. The van der Waals surface area contributed by atoms with Gasteiger partial charge in [0, 0.05) is 13.1 Å². The average molecular weight is 347 g/mol. The van der Waals surface area contributed by atoms with Crippen molar-refractivity contribution in [2.45, 2.75) is 83.4 Å². The first-order valence-electron chi connectivity index (χ1n) is 9.98. The summed E-state index contributed by atoms with van der Waals surface area (Å²) >= 11 is 0. The lowest BCUT2D eigenvalue weighted by atomic mass is 9.93. The minimum absolute atomic E-state index is 0.0368.